The molecule has 0 unspecified atom stereocenters. The van der Waals surface area contributed by atoms with Gasteiger partial charge < -0.3 is 15.3 Å². The first-order valence-corrected chi connectivity index (χ1v) is 16.3. The first-order valence-electron chi connectivity index (χ1n) is 8.96. The zero-order valence-corrected chi connectivity index (χ0v) is 23.7. The number of rotatable bonds is 4. The fourth-order valence-electron chi connectivity index (χ4n) is 0.874. The Kier molecular flexibility index (Phi) is 27.9. The Bertz CT molecular complexity index is 312. The molecule has 0 aliphatic heterocycles. The van der Waals surface area contributed by atoms with Gasteiger partial charge in [-0.25, -0.2) is 0 Å². The second-order valence-corrected chi connectivity index (χ2v) is 18.8. The second kappa shape index (κ2) is 20.9. The number of hydrogen-bond acceptors (Lipinski definition) is 3. The second-order valence-electron chi connectivity index (χ2n) is 8.15. The van der Waals surface area contributed by atoms with Crippen LogP contribution in [-0.2, 0) is 25.8 Å². The van der Waals surface area contributed by atoms with Crippen LogP contribution in [-0.4, -0.2) is 48.4 Å². The van der Waals surface area contributed by atoms with Crippen molar-refractivity contribution in [2.24, 2.45) is 17.8 Å². The van der Waals surface area contributed by atoms with Gasteiger partial charge >= 0.3 is 59.2 Å². The van der Waals surface area contributed by atoms with Gasteiger partial charge in [0.2, 0.25) is 0 Å². The molecule has 0 heterocycles. The van der Waals surface area contributed by atoms with Gasteiger partial charge in [0.25, 0.3) is 0 Å². The number of aliphatic hydroxyl groups is 3. The van der Waals surface area contributed by atoms with E-state index >= 15 is 0 Å². The van der Waals surface area contributed by atoms with Crippen molar-refractivity contribution >= 4 is 17.7 Å². The van der Waals surface area contributed by atoms with E-state index in [1.807, 2.05) is 41.5 Å². The third kappa shape index (κ3) is 32.7. The van der Waals surface area contributed by atoms with Crippen molar-refractivity contribution in [2.45, 2.75) is 58.8 Å². The molecule has 3 nitrogen and oxygen atoms in total. The molecule has 0 fully saturated rings. The van der Waals surface area contributed by atoms with Crippen LogP contribution in [0.3, 0.4) is 0 Å². The van der Waals surface area contributed by atoms with E-state index in [9.17, 15) is 0 Å². The summed E-state index contributed by atoms with van der Waals surface area (Å²) in [6, 6.07) is 8.76. The van der Waals surface area contributed by atoms with Gasteiger partial charge in [0.05, 0.1) is 0 Å². The third-order valence-corrected chi connectivity index (χ3v) is 6.96. The van der Waals surface area contributed by atoms with Crippen LogP contribution in [0.4, 0.5) is 0 Å². The molecule has 0 saturated heterocycles. The summed E-state index contributed by atoms with van der Waals surface area (Å²) >= 11 is -1.44. The Morgan fingerprint density at radius 3 is 0.960 bits per heavy atom. The largest absolute Gasteiger partial charge is 0 e. The quantitative estimate of drug-likeness (QED) is 0.374. The molecule has 0 spiro atoms. The Morgan fingerprint density at radius 2 is 0.880 bits per heavy atom. The Balaban J connectivity index is -0.000000122. The van der Waals surface area contributed by atoms with Crippen LogP contribution in [0.5, 0.6) is 0 Å². The monoisotopic (exact) mass is 585 g/mol. The summed E-state index contributed by atoms with van der Waals surface area (Å²) in [4.78, 5) is 0. The maximum absolute atomic E-state index is 8.14. The van der Waals surface area contributed by atoms with Gasteiger partial charge in [0.1, 0.15) is 0 Å². The van der Waals surface area contributed by atoms with Crippen molar-refractivity contribution in [3.05, 3.63) is 24.3 Å². The predicted molar refractivity (Wildman–Crippen MR) is 111 cm³/mol. The summed E-state index contributed by atoms with van der Waals surface area (Å²) in [6.45, 7) is 12.7. The standard InChI is InChI=1S/C8H13Ge.3C4H10O.Hf/c1-9(2,3)8-6-4-5-7-8;3*1-4(2)3-5;/h4-7H,1-3H3;3*4-5H,3H2,1-2H3;/q-1;;;;. The van der Waals surface area contributed by atoms with Gasteiger partial charge in [0, 0.05) is 45.7 Å². The van der Waals surface area contributed by atoms with E-state index in [1.54, 1.807) is 4.40 Å². The maximum atomic E-state index is 8.14. The molecule has 0 amide bonds. The van der Waals surface area contributed by atoms with Crippen LogP contribution in [0.25, 0.3) is 0 Å². The minimum atomic E-state index is -1.44. The van der Waals surface area contributed by atoms with E-state index in [2.05, 4.69) is 41.5 Å². The maximum Gasteiger partial charge on any atom is 0 e. The molecule has 25 heavy (non-hydrogen) atoms. The average molecular weight is 583 g/mol. The van der Waals surface area contributed by atoms with Gasteiger partial charge in [-0.1, -0.05) is 41.5 Å². The van der Waals surface area contributed by atoms with E-state index in [0.29, 0.717) is 37.6 Å². The summed E-state index contributed by atoms with van der Waals surface area (Å²) in [7, 11) is 0. The van der Waals surface area contributed by atoms with E-state index in [0.717, 1.165) is 0 Å². The molecule has 0 bridgehead atoms. The van der Waals surface area contributed by atoms with E-state index in [1.165, 1.54) is 0 Å². The molecule has 0 aromatic heterocycles. The molecule has 3 N–H and O–H groups in total. The van der Waals surface area contributed by atoms with Crippen LogP contribution in [0.1, 0.15) is 41.5 Å². The molecule has 150 valence electrons. The van der Waals surface area contributed by atoms with Gasteiger partial charge in [0.15, 0.2) is 0 Å². The minimum Gasteiger partial charge on any atom is 0 e. The van der Waals surface area contributed by atoms with Gasteiger partial charge in [-0.3, -0.25) is 0 Å². The Morgan fingerprint density at radius 1 is 0.680 bits per heavy atom. The zero-order chi connectivity index (χ0) is 19.8. The van der Waals surface area contributed by atoms with Crippen molar-refractivity contribution in [1.82, 2.24) is 0 Å². The normalized spacial score (nSPS) is 10.0. The van der Waals surface area contributed by atoms with Crippen molar-refractivity contribution in [2.75, 3.05) is 19.8 Å². The summed E-state index contributed by atoms with van der Waals surface area (Å²) in [5, 5.41) is 24.4. The third-order valence-electron chi connectivity index (χ3n) is 2.62. The molecule has 0 saturated carbocycles. The van der Waals surface area contributed by atoms with Crippen LogP contribution in [0, 0.1) is 17.8 Å². The smallest absolute Gasteiger partial charge is 0 e. The molecule has 0 atom stereocenters. The molecule has 5 heteroatoms. The zero-order valence-electron chi connectivity index (χ0n) is 18.0. The van der Waals surface area contributed by atoms with Gasteiger partial charge in [-0.2, -0.15) is 0 Å². The van der Waals surface area contributed by atoms with E-state index < -0.39 is 13.3 Å². The first kappa shape index (κ1) is 33.2. The molecule has 0 radical (unpaired) electrons. The van der Waals surface area contributed by atoms with Crippen molar-refractivity contribution in [3.8, 4) is 0 Å². The first-order chi connectivity index (χ1) is 10.9. The molecule has 1 aromatic rings. The van der Waals surface area contributed by atoms with Crippen LogP contribution in [0.15, 0.2) is 24.3 Å². The van der Waals surface area contributed by atoms with Crippen LogP contribution >= 0.6 is 0 Å². The van der Waals surface area contributed by atoms with Gasteiger partial charge in [-0.15, -0.1) is 0 Å². The molecule has 1 rings (SSSR count). The predicted octanol–water partition coefficient (Wildman–Crippen LogP) is 3.85. The fraction of sp³-hybridized carbons (Fsp3) is 0.750. The topological polar surface area (TPSA) is 60.7 Å². The molecule has 0 aliphatic carbocycles. The van der Waals surface area contributed by atoms with Crippen molar-refractivity contribution in [1.29, 1.82) is 0 Å². The average Bonchev–Trinajstić information content (AvgIpc) is 3.03. The van der Waals surface area contributed by atoms with Crippen molar-refractivity contribution < 1.29 is 41.2 Å². The number of aliphatic hydroxyl groups excluding tert-OH is 3. The molecular formula is C20H43GeHfO3-. The summed E-state index contributed by atoms with van der Waals surface area (Å²) < 4.78 is 1.61. The molecule has 1 aromatic carbocycles. The SMILES string of the molecule is CC(C)CO.CC(C)CO.CC(C)CO.[CH3][Ge]([CH3])([CH3])[c-]1cccc1.[Hf]. The van der Waals surface area contributed by atoms with E-state index in [-0.39, 0.29) is 25.8 Å². The van der Waals surface area contributed by atoms with Crippen molar-refractivity contribution in [3.63, 3.8) is 0 Å². The minimum absolute atomic E-state index is 0. The summed E-state index contributed by atoms with van der Waals surface area (Å²) in [5.41, 5.74) is 0. The fourth-order valence-corrected chi connectivity index (χ4v) is 3.38. The number of hydrogen-bond donors (Lipinski definition) is 3. The summed E-state index contributed by atoms with van der Waals surface area (Å²) in [6.07, 6.45) is 0. The Labute approximate surface area is 178 Å². The van der Waals surface area contributed by atoms with Crippen LogP contribution < -0.4 is 4.40 Å². The Hall–Kier alpha value is 0.643. The summed E-state index contributed by atoms with van der Waals surface area (Å²) in [5.74, 6) is 8.56. The molecule has 0 aliphatic rings. The van der Waals surface area contributed by atoms with Gasteiger partial charge in [-0.05, 0) is 17.8 Å². The molecular weight excluding hydrogens is 539 g/mol. The van der Waals surface area contributed by atoms with E-state index in [4.69, 9.17) is 15.3 Å². The van der Waals surface area contributed by atoms with Crippen LogP contribution in [0.2, 0.25) is 17.3 Å².